The monoisotopic (exact) mass is 417 g/mol. The van der Waals surface area contributed by atoms with Gasteiger partial charge in [0.2, 0.25) is 5.91 Å². The molecule has 0 aliphatic carbocycles. The van der Waals surface area contributed by atoms with Crippen LogP contribution in [0.1, 0.15) is 18.9 Å². The number of hydrogen-bond donors (Lipinski definition) is 2. The zero-order valence-corrected chi connectivity index (χ0v) is 17.7. The quantitative estimate of drug-likeness (QED) is 0.410. The van der Waals surface area contributed by atoms with Gasteiger partial charge in [-0.1, -0.05) is 55.5 Å². The lowest BCUT2D eigenvalue weighted by atomic mass is 10.2. The van der Waals surface area contributed by atoms with Gasteiger partial charge in [-0.2, -0.15) is 5.10 Å². The summed E-state index contributed by atoms with van der Waals surface area (Å²) >= 11 is 0. The Kier molecular flexibility index (Phi) is 6.43. The van der Waals surface area contributed by atoms with E-state index in [9.17, 15) is 9.59 Å². The molecule has 160 valence electrons. The van der Waals surface area contributed by atoms with Gasteiger partial charge in [0.15, 0.2) is 0 Å². The maximum absolute atomic E-state index is 12.7. The summed E-state index contributed by atoms with van der Waals surface area (Å²) in [6.07, 6.45) is 2.49. The molecular formula is C24H27N5O2. The van der Waals surface area contributed by atoms with Crippen LogP contribution in [-0.2, 0) is 17.9 Å². The van der Waals surface area contributed by atoms with E-state index in [1.54, 1.807) is 6.20 Å². The molecule has 0 aliphatic heterocycles. The van der Waals surface area contributed by atoms with Crippen molar-refractivity contribution in [3.63, 3.8) is 0 Å². The van der Waals surface area contributed by atoms with Crippen molar-refractivity contribution in [2.75, 3.05) is 19.6 Å². The highest BCUT2D eigenvalue weighted by atomic mass is 16.2. The number of para-hydroxylation sites is 1. The first-order valence-electron chi connectivity index (χ1n) is 10.6. The topological polar surface area (TPSA) is 83.0 Å². The largest absolute Gasteiger partial charge is 0.354 e. The molecule has 0 spiro atoms. The van der Waals surface area contributed by atoms with Gasteiger partial charge in [0, 0.05) is 35.9 Å². The van der Waals surface area contributed by atoms with Crippen molar-refractivity contribution in [2.24, 2.45) is 0 Å². The van der Waals surface area contributed by atoms with E-state index in [-0.39, 0.29) is 18.0 Å². The van der Waals surface area contributed by atoms with Gasteiger partial charge in [-0.15, -0.1) is 0 Å². The molecule has 0 aliphatic rings. The third-order valence-electron chi connectivity index (χ3n) is 5.48. The number of benzene rings is 2. The van der Waals surface area contributed by atoms with Crippen LogP contribution in [0.15, 0.2) is 65.6 Å². The lowest BCUT2D eigenvalue weighted by Gasteiger charge is -2.20. The second kappa shape index (κ2) is 9.57. The summed E-state index contributed by atoms with van der Waals surface area (Å²) in [6.45, 7) is 5.35. The van der Waals surface area contributed by atoms with Crippen molar-refractivity contribution in [1.29, 1.82) is 0 Å². The maximum atomic E-state index is 12.7. The molecule has 2 aromatic carbocycles. The summed E-state index contributed by atoms with van der Waals surface area (Å²) in [4.78, 5) is 30.6. The van der Waals surface area contributed by atoms with Crippen molar-refractivity contribution < 1.29 is 4.79 Å². The fraction of sp³-hybridized carbons (Fsp3) is 0.292. The zero-order valence-electron chi connectivity index (χ0n) is 17.7. The van der Waals surface area contributed by atoms with Crippen LogP contribution in [0, 0.1) is 0 Å². The molecule has 0 bridgehead atoms. The first kappa shape index (κ1) is 20.8. The lowest BCUT2D eigenvalue weighted by molar-refractivity contribution is -0.121. The van der Waals surface area contributed by atoms with Gasteiger partial charge in [-0.25, -0.2) is 4.68 Å². The molecule has 7 nitrogen and oxygen atoms in total. The molecule has 2 heterocycles. The molecule has 2 aromatic heterocycles. The summed E-state index contributed by atoms with van der Waals surface area (Å²) in [5.41, 5.74) is 2.35. The van der Waals surface area contributed by atoms with Gasteiger partial charge in [0.1, 0.15) is 12.1 Å². The van der Waals surface area contributed by atoms with E-state index in [0.29, 0.717) is 12.1 Å². The first-order valence-corrected chi connectivity index (χ1v) is 10.6. The van der Waals surface area contributed by atoms with E-state index in [1.165, 1.54) is 10.2 Å². The molecule has 0 fully saturated rings. The highest BCUT2D eigenvalue weighted by Gasteiger charge is 2.12. The predicted molar refractivity (Wildman–Crippen MR) is 123 cm³/mol. The third-order valence-corrected chi connectivity index (χ3v) is 5.48. The second-order valence-corrected chi connectivity index (χ2v) is 7.62. The van der Waals surface area contributed by atoms with Crippen LogP contribution in [0.4, 0.5) is 0 Å². The molecule has 0 atom stereocenters. The van der Waals surface area contributed by atoms with E-state index < -0.39 is 0 Å². The number of H-pyrrole nitrogens is 1. The minimum Gasteiger partial charge on any atom is -0.354 e. The average Bonchev–Trinajstić information content (AvgIpc) is 3.18. The summed E-state index contributed by atoms with van der Waals surface area (Å²) in [5.74, 6) is -0.212. The van der Waals surface area contributed by atoms with Crippen LogP contribution in [0.2, 0.25) is 0 Å². The predicted octanol–water partition coefficient (Wildman–Crippen LogP) is 2.91. The molecule has 0 unspecified atom stereocenters. The van der Waals surface area contributed by atoms with E-state index in [4.69, 9.17) is 0 Å². The number of carbonyl (C=O) groups excluding carboxylic acids is 1. The van der Waals surface area contributed by atoms with Gasteiger partial charge in [-0.3, -0.25) is 14.5 Å². The second-order valence-electron chi connectivity index (χ2n) is 7.62. The van der Waals surface area contributed by atoms with E-state index in [2.05, 4.69) is 39.4 Å². The van der Waals surface area contributed by atoms with Crippen molar-refractivity contribution in [3.8, 4) is 0 Å². The van der Waals surface area contributed by atoms with E-state index >= 15 is 0 Å². The van der Waals surface area contributed by atoms with Crippen molar-refractivity contribution in [2.45, 2.75) is 26.4 Å². The van der Waals surface area contributed by atoms with Crippen LogP contribution in [0.25, 0.3) is 21.8 Å². The Labute approximate surface area is 180 Å². The number of fused-ring (bicyclic) bond motifs is 3. The van der Waals surface area contributed by atoms with Crippen LogP contribution in [-0.4, -0.2) is 45.2 Å². The Balaban J connectivity index is 1.30. The zero-order chi connectivity index (χ0) is 21.6. The molecule has 7 heteroatoms. The third kappa shape index (κ3) is 4.83. The Morgan fingerprint density at radius 1 is 1.10 bits per heavy atom. The van der Waals surface area contributed by atoms with Crippen molar-refractivity contribution in [3.05, 3.63) is 76.7 Å². The Morgan fingerprint density at radius 2 is 1.87 bits per heavy atom. The number of aromatic nitrogens is 3. The van der Waals surface area contributed by atoms with Gasteiger partial charge >= 0.3 is 0 Å². The van der Waals surface area contributed by atoms with Gasteiger partial charge in [0.05, 0.1) is 6.20 Å². The standard InChI is InChI=1S/C24H27N5O2/c1-2-28(16-18-9-4-3-5-10-18)14-8-13-25-22(30)17-29-24(31)23-20(15-26-29)19-11-6-7-12-21(19)27-23/h3-7,9-12,15,27H,2,8,13-14,16-17H2,1H3,(H,25,30). The molecule has 31 heavy (non-hydrogen) atoms. The Morgan fingerprint density at radius 3 is 2.68 bits per heavy atom. The van der Waals surface area contributed by atoms with Gasteiger partial charge < -0.3 is 10.3 Å². The highest BCUT2D eigenvalue weighted by Crippen LogP contribution is 2.21. The summed E-state index contributed by atoms with van der Waals surface area (Å²) in [6, 6.07) is 18.1. The number of aromatic amines is 1. The number of amides is 1. The van der Waals surface area contributed by atoms with Crippen LogP contribution >= 0.6 is 0 Å². The highest BCUT2D eigenvalue weighted by molar-refractivity contribution is 6.06. The molecule has 4 aromatic rings. The fourth-order valence-corrected chi connectivity index (χ4v) is 3.80. The SMILES string of the molecule is CCN(CCCNC(=O)Cn1ncc2c([nH]c3ccccc32)c1=O)Cc1ccccc1. The molecule has 0 saturated heterocycles. The average molecular weight is 418 g/mol. The molecule has 2 N–H and O–H groups in total. The Hall–Kier alpha value is -3.45. The van der Waals surface area contributed by atoms with E-state index in [0.717, 1.165) is 42.3 Å². The van der Waals surface area contributed by atoms with Crippen LogP contribution < -0.4 is 10.9 Å². The molecular weight excluding hydrogens is 390 g/mol. The molecule has 0 radical (unpaired) electrons. The normalized spacial score (nSPS) is 11.4. The van der Waals surface area contributed by atoms with Gasteiger partial charge in [0.25, 0.3) is 5.56 Å². The number of nitrogens with zero attached hydrogens (tertiary/aromatic N) is 3. The molecule has 1 amide bonds. The molecule has 0 saturated carbocycles. The minimum absolute atomic E-state index is 0.0916. The summed E-state index contributed by atoms with van der Waals surface area (Å²) < 4.78 is 1.21. The number of nitrogens with one attached hydrogen (secondary N) is 2. The minimum atomic E-state index is -0.288. The van der Waals surface area contributed by atoms with Crippen LogP contribution in [0.5, 0.6) is 0 Å². The maximum Gasteiger partial charge on any atom is 0.291 e. The smallest absolute Gasteiger partial charge is 0.291 e. The number of carbonyl (C=O) groups is 1. The summed E-state index contributed by atoms with van der Waals surface area (Å²) in [7, 11) is 0. The first-order chi connectivity index (χ1) is 15.2. The molecule has 4 rings (SSSR count). The number of hydrogen-bond acceptors (Lipinski definition) is 4. The van der Waals surface area contributed by atoms with Gasteiger partial charge in [-0.05, 0) is 24.6 Å². The van der Waals surface area contributed by atoms with E-state index in [1.807, 2.05) is 42.5 Å². The Bertz CT molecular complexity index is 1230. The number of rotatable bonds is 9. The van der Waals surface area contributed by atoms with Crippen LogP contribution in [0.3, 0.4) is 0 Å². The fourth-order valence-electron chi connectivity index (χ4n) is 3.80. The summed E-state index contributed by atoms with van der Waals surface area (Å²) in [5, 5.41) is 8.83. The van der Waals surface area contributed by atoms with Crippen molar-refractivity contribution >= 4 is 27.7 Å². The van der Waals surface area contributed by atoms with Crippen molar-refractivity contribution in [1.82, 2.24) is 25.0 Å². The lowest BCUT2D eigenvalue weighted by Crippen LogP contribution is -2.35.